The van der Waals surface area contributed by atoms with Gasteiger partial charge in [0.15, 0.2) is 0 Å². The van der Waals surface area contributed by atoms with E-state index in [4.69, 9.17) is 5.11 Å². The molecule has 2 aliphatic rings. The molecule has 0 amide bonds. The quantitative estimate of drug-likeness (QED) is 0.827. The molecule has 5 nitrogen and oxygen atoms in total. The van der Waals surface area contributed by atoms with Crippen molar-refractivity contribution in [3.8, 4) is 0 Å². The second kappa shape index (κ2) is 6.22. The van der Waals surface area contributed by atoms with Crippen LogP contribution in [-0.2, 0) is 14.8 Å². The Balaban J connectivity index is 1.85. The number of nitrogens with one attached hydrogen (secondary N) is 1. The van der Waals surface area contributed by atoms with Crippen molar-refractivity contribution in [2.24, 2.45) is 5.92 Å². The summed E-state index contributed by atoms with van der Waals surface area (Å²) in [7, 11) is -3.22. The van der Waals surface area contributed by atoms with Crippen LogP contribution in [-0.4, -0.2) is 30.8 Å². The molecule has 6 heteroatoms. The third kappa shape index (κ3) is 3.92. The van der Waals surface area contributed by atoms with Crippen molar-refractivity contribution >= 4 is 16.0 Å². The van der Waals surface area contributed by atoms with Crippen molar-refractivity contribution in [3.05, 3.63) is 0 Å². The number of hydrogen-bond donors (Lipinski definition) is 2. The molecule has 0 aromatic rings. The zero-order valence-corrected chi connectivity index (χ0v) is 12.0. The first-order valence-electron chi connectivity index (χ1n) is 7.23. The molecule has 0 heterocycles. The lowest BCUT2D eigenvalue weighted by Gasteiger charge is -2.29. The summed E-state index contributed by atoms with van der Waals surface area (Å²) >= 11 is 0. The fraction of sp³-hybridized carbons (Fsp3) is 0.923. The Kier molecular flexibility index (Phi) is 4.84. The Morgan fingerprint density at radius 1 is 0.947 bits per heavy atom. The van der Waals surface area contributed by atoms with E-state index in [0.29, 0.717) is 25.7 Å². The molecule has 0 atom stereocenters. The monoisotopic (exact) mass is 289 g/mol. The molecular weight excluding hydrogens is 266 g/mol. The van der Waals surface area contributed by atoms with Crippen LogP contribution < -0.4 is 4.72 Å². The summed E-state index contributed by atoms with van der Waals surface area (Å²) in [5.74, 6) is -1.05. The number of hydrogen-bond acceptors (Lipinski definition) is 3. The summed E-state index contributed by atoms with van der Waals surface area (Å²) in [4.78, 5) is 10.9. The van der Waals surface area contributed by atoms with Crippen LogP contribution >= 0.6 is 0 Å². The Hall–Kier alpha value is -0.620. The molecule has 0 unspecified atom stereocenters. The van der Waals surface area contributed by atoms with Crippen molar-refractivity contribution in [1.82, 2.24) is 4.72 Å². The van der Waals surface area contributed by atoms with Gasteiger partial charge in [0.05, 0.1) is 11.2 Å². The van der Waals surface area contributed by atoms with Gasteiger partial charge in [-0.15, -0.1) is 0 Å². The molecule has 2 saturated carbocycles. The van der Waals surface area contributed by atoms with E-state index in [9.17, 15) is 13.2 Å². The van der Waals surface area contributed by atoms with Crippen LogP contribution in [0.5, 0.6) is 0 Å². The fourth-order valence-electron chi connectivity index (χ4n) is 3.16. The van der Waals surface area contributed by atoms with E-state index in [1.54, 1.807) is 0 Å². The summed E-state index contributed by atoms with van der Waals surface area (Å²) in [6.07, 6.45) is 7.09. The third-order valence-corrected chi connectivity index (χ3v) is 6.41. The standard InChI is InChI=1S/C13H23NO4S/c15-13(16)10-6-8-11(9-7-10)14-19(17,18)12-4-2-1-3-5-12/h10-12,14H,1-9H2,(H,15,16). The number of carbonyl (C=O) groups is 1. The van der Waals surface area contributed by atoms with Gasteiger partial charge in [0.2, 0.25) is 10.0 Å². The first-order chi connectivity index (χ1) is 8.99. The molecule has 0 radical (unpaired) electrons. The van der Waals surface area contributed by atoms with Gasteiger partial charge < -0.3 is 5.11 Å². The average Bonchev–Trinajstić information content (AvgIpc) is 2.40. The highest BCUT2D eigenvalue weighted by Gasteiger charge is 2.32. The van der Waals surface area contributed by atoms with Gasteiger partial charge in [-0.2, -0.15) is 0 Å². The summed E-state index contributed by atoms with van der Waals surface area (Å²) in [6, 6.07) is -0.0671. The van der Waals surface area contributed by atoms with Crippen LogP contribution in [0.3, 0.4) is 0 Å². The number of carboxylic acids is 1. The minimum absolute atomic E-state index is 0.0671. The average molecular weight is 289 g/mol. The second-order valence-corrected chi connectivity index (χ2v) is 7.80. The zero-order chi connectivity index (χ0) is 13.9. The van der Waals surface area contributed by atoms with Gasteiger partial charge >= 0.3 is 5.97 Å². The van der Waals surface area contributed by atoms with Crippen LogP contribution in [0.1, 0.15) is 57.8 Å². The third-order valence-electron chi connectivity index (χ3n) is 4.40. The van der Waals surface area contributed by atoms with E-state index in [1.807, 2.05) is 0 Å². The molecule has 2 fully saturated rings. The van der Waals surface area contributed by atoms with E-state index in [2.05, 4.69) is 4.72 Å². The normalized spacial score (nSPS) is 30.1. The van der Waals surface area contributed by atoms with Crippen LogP contribution in [0.25, 0.3) is 0 Å². The summed E-state index contributed by atoms with van der Waals surface area (Å²) in [6.45, 7) is 0. The molecule has 19 heavy (non-hydrogen) atoms. The molecule has 0 aliphatic heterocycles. The molecule has 0 bridgehead atoms. The minimum atomic E-state index is -3.22. The topological polar surface area (TPSA) is 83.5 Å². The Bertz CT molecular complexity index is 406. The molecule has 0 spiro atoms. The van der Waals surface area contributed by atoms with E-state index in [-0.39, 0.29) is 17.2 Å². The van der Waals surface area contributed by atoms with E-state index >= 15 is 0 Å². The first kappa shape index (κ1) is 14.8. The van der Waals surface area contributed by atoms with Gasteiger partial charge in [0.1, 0.15) is 0 Å². The van der Waals surface area contributed by atoms with Crippen LogP contribution in [0.4, 0.5) is 0 Å². The lowest BCUT2D eigenvalue weighted by Crippen LogP contribution is -2.43. The largest absolute Gasteiger partial charge is 0.481 e. The fourth-order valence-corrected chi connectivity index (χ4v) is 5.01. The second-order valence-electron chi connectivity index (χ2n) is 5.81. The van der Waals surface area contributed by atoms with Crippen molar-refractivity contribution < 1.29 is 18.3 Å². The van der Waals surface area contributed by atoms with E-state index < -0.39 is 16.0 Å². The molecule has 110 valence electrons. The van der Waals surface area contributed by atoms with Crippen molar-refractivity contribution in [1.29, 1.82) is 0 Å². The number of rotatable bonds is 4. The summed E-state index contributed by atoms with van der Waals surface area (Å²) in [5, 5.41) is 8.68. The Labute approximate surface area is 114 Å². The van der Waals surface area contributed by atoms with Crippen molar-refractivity contribution in [2.75, 3.05) is 0 Å². The molecule has 0 aromatic carbocycles. The summed E-state index contributed by atoms with van der Waals surface area (Å²) < 4.78 is 27.3. The van der Waals surface area contributed by atoms with Gasteiger partial charge in [-0.25, -0.2) is 13.1 Å². The van der Waals surface area contributed by atoms with E-state index in [0.717, 1.165) is 32.1 Å². The maximum atomic E-state index is 12.2. The van der Waals surface area contributed by atoms with Crippen molar-refractivity contribution in [2.45, 2.75) is 69.1 Å². The molecule has 2 aliphatic carbocycles. The maximum Gasteiger partial charge on any atom is 0.306 e. The van der Waals surface area contributed by atoms with Crippen LogP contribution in [0.2, 0.25) is 0 Å². The van der Waals surface area contributed by atoms with Gasteiger partial charge in [-0.3, -0.25) is 4.79 Å². The SMILES string of the molecule is O=C(O)C1CCC(NS(=O)(=O)C2CCCCC2)CC1. The Morgan fingerprint density at radius 2 is 1.53 bits per heavy atom. The van der Waals surface area contributed by atoms with Crippen LogP contribution in [0, 0.1) is 5.92 Å². The van der Waals surface area contributed by atoms with Crippen molar-refractivity contribution in [3.63, 3.8) is 0 Å². The minimum Gasteiger partial charge on any atom is -0.481 e. The van der Waals surface area contributed by atoms with Gasteiger partial charge in [-0.1, -0.05) is 19.3 Å². The number of carboxylic acid groups (broad SMARTS) is 1. The molecular formula is C13H23NO4S. The first-order valence-corrected chi connectivity index (χ1v) is 8.77. The summed E-state index contributed by atoms with van der Waals surface area (Å²) in [5.41, 5.74) is 0. The zero-order valence-electron chi connectivity index (χ0n) is 11.2. The molecule has 2 N–H and O–H groups in total. The van der Waals surface area contributed by atoms with Gasteiger partial charge in [-0.05, 0) is 38.5 Å². The molecule has 0 saturated heterocycles. The highest BCUT2D eigenvalue weighted by molar-refractivity contribution is 7.90. The van der Waals surface area contributed by atoms with Crippen LogP contribution in [0.15, 0.2) is 0 Å². The molecule has 0 aromatic heterocycles. The predicted molar refractivity (Wildman–Crippen MR) is 72.3 cm³/mol. The van der Waals surface area contributed by atoms with Gasteiger partial charge in [0.25, 0.3) is 0 Å². The predicted octanol–water partition coefficient (Wildman–Crippen LogP) is 1.88. The molecule has 2 rings (SSSR count). The smallest absolute Gasteiger partial charge is 0.306 e. The highest BCUT2D eigenvalue weighted by atomic mass is 32.2. The lowest BCUT2D eigenvalue weighted by molar-refractivity contribution is -0.142. The maximum absolute atomic E-state index is 12.2. The highest BCUT2D eigenvalue weighted by Crippen LogP contribution is 2.27. The number of aliphatic carboxylic acids is 1. The lowest BCUT2D eigenvalue weighted by atomic mass is 9.87. The van der Waals surface area contributed by atoms with E-state index in [1.165, 1.54) is 0 Å². The Morgan fingerprint density at radius 3 is 2.05 bits per heavy atom. The van der Waals surface area contributed by atoms with Gasteiger partial charge in [0, 0.05) is 6.04 Å². The number of sulfonamides is 1.